The second-order valence-corrected chi connectivity index (χ2v) is 4.86. The van der Waals surface area contributed by atoms with Gasteiger partial charge in [-0.3, -0.25) is 0 Å². The third-order valence-corrected chi connectivity index (χ3v) is 2.80. The van der Waals surface area contributed by atoms with Gasteiger partial charge >= 0.3 is 0 Å². The van der Waals surface area contributed by atoms with Gasteiger partial charge in [0.25, 0.3) is 5.19 Å². The Bertz CT molecular complexity index is 288. The highest BCUT2D eigenvalue weighted by Crippen LogP contribution is 2.19. The third kappa shape index (κ3) is 4.57. The molecular formula is C10H19N3OS. The van der Waals surface area contributed by atoms with E-state index in [1.807, 2.05) is 6.92 Å². The molecule has 5 heteroatoms. The van der Waals surface area contributed by atoms with Crippen molar-refractivity contribution >= 4 is 11.3 Å². The van der Waals surface area contributed by atoms with Crippen LogP contribution < -0.4 is 10.1 Å². The lowest BCUT2D eigenvalue weighted by Gasteiger charge is -2.07. The minimum Gasteiger partial charge on any atom is -0.466 e. The van der Waals surface area contributed by atoms with Crippen molar-refractivity contribution in [2.24, 2.45) is 0 Å². The maximum absolute atomic E-state index is 5.57. The molecule has 0 aliphatic heterocycles. The first-order valence-electron chi connectivity index (χ1n) is 5.34. The van der Waals surface area contributed by atoms with Crippen molar-refractivity contribution < 1.29 is 4.74 Å². The summed E-state index contributed by atoms with van der Waals surface area (Å²) in [7, 11) is 0. The Balaban J connectivity index is 2.42. The highest BCUT2D eigenvalue weighted by molar-refractivity contribution is 7.13. The van der Waals surface area contributed by atoms with Crippen LogP contribution in [0.25, 0.3) is 0 Å². The molecule has 0 aliphatic carbocycles. The summed E-state index contributed by atoms with van der Waals surface area (Å²) in [6.45, 7) is 9.11. The summed E-state index contributed by atoms with van der Waals surface area (Å²) in [5.41, 5.74) is 0. The summed E-state index contributed by atoms with van der Waals surface area (Å²) >= 11 is 1.51. The Morgan fingerprint density at radius 2 is 2.07 bits per heavy atom. The lowest BCUT2D eigenvalue weighted by molar-refractivity contribution is 0.215. The van der Waals surface area contributed by atoms with Gasteiger partial charge < -0.3 is 10.1 Å². The third-order valence-electron chi connectivity index (χ3n) is 1.99. The molecule has 86 valence electrons. The topological polar surface area (TPSA) is 47.0 Å². The van der Waals surface area contributed by atoms with Crippen LogP contribution in [0.4, 0.5) is 0 Å². The minimum atomic E-state index is 0.212. The monoisotopic (exact) mass is 229 g/mol. The molecule has 4 nitrogen and oxygen atoms in total. The van der Waals surface area contributed by atoms with Crippen LogP contribution >= 0.6 is 11.3 Å². The molecule has 1 heterocycles. The number of ether oxygens (including phenoxy) is 1. The van der Waals surface area contributed by atoms with Crippen LogP contribution in [0.2, 0.25) is 0 Å². The predicted molar refractivity (Wildman–Crippen MR) is 62.3 cm³/mol. The number of rotatable bonds is 6. The second-order valence-electron chi connectivity index (χ2n) is 3.83. The summed E-state index contributed by atoms with van der Waals surface area (Å²) in [5.74, 6) is 0. The van der Waals surface area contributed by atoms with Gasteiger partial charge in [0.2, 0.25) is 0 Å². The Hall–Kier alpha value is -0.680. The summed E-state index contributed by atoms with van der Waals surface area (Å²) in [6.07, 6.45) is 1.20. The highest BCUT2D eigenvalue weighted by Gasteiger charge is 2.08. The fourth-order valence-electron chi connectivity index (χ4n) is 0.904. The van der Waals surface area contributed by atoms with E-state index in [-0.39, 0.29) is 6.10 Å². The van der Waals surface area contributed by atoms with Crippen molar-refractivity contribution in [1.82, 2.24) is 15.5 Å². The second kappa shape index (κ2) is 6.02. The zero-order chi connectivity index (χ0) is 11.3. The molecule has 15 heavy (non-hydrogen) atoms. The van der Waals surface area contributed by atoms with Gasteiger partial charge in [0, 0.05) is 6.04 Å². The summed E-state index contributed by atoms with van der Waals surface area (Å²) in [6, 6.07) is 0.466. The zero-order valence-corrected chi connectivity index (χ0v) is 10.6. The van der Waals surface area contributed by atoms with E-state index in [2.05, 4.69) is 36.3 Å². The number of aromatic nitrogens is 2. The van der Waals surface area contributed by atoms with Crippen molar-refractivity contribution in [3.8, 4) is 5.19 Å². The molecule has 1 aromatic heterocycles. The van der Waals surface area contributed by atoms with E-state index < -0.39 is 0 Å². The molecule has 1 atom stereocenters. The number of hydrogen-bond acceptors (Lipinski definition) is 5. The maximum atomic E-state index is 5.57. The lowest BCUT2D eigenvalue weighted by Crippen LogP contribution is -2.21. The molecule has 0 bridgehead atoms. The van der Waals surface area contributed by atoms with Crippen LogP contribution in [0, 0.1) is 0 Å². The molecule has 1 unspecified atom stereocenters. The standard InChI is InChI=1S/C10H19N3OS/c1-5-8(4)14-10-13-12-9(15-10)6-11-7(2)3/h7-8,11H,5-6H2,1-4H3. The van der Waals surface area contributed by atoms with E-state index in [4.69, 9.17) is 4.74 Å². The first kappa shape index (κ1) is 12.4. The van der Waals surface area contributed by atoms with Crippen LogP contribution in [0.3, 0.4) is 0 Å². The van der Waals surface area contributed by atoms with Crippen molar-refractivity contribution in [3.63, 3.8) is 0 Å². The average molecular weight is 229 g/mol. The van der Waals surface area contributed by atoms with E-state index >= 15 is 0 Å². The molecule has 1 rings (SSSR count). The van der Waals surface area contributed by atoms with Gasteiger partial charge in [-0.1, -0.05) is 37.2 Å². The Morgan fingerprint density at radius 1 is 1.33 bits per heavy atom. The van der Waals surface area contributed by atoms with Crippen LogP contribution in [0.1, 0.15) is 39.1 Å². The molecule has 1 aromatic rings. The number of nitrogens with zero attached hydrogens (tertiary/aromatic N) is 2. The van der Waals surface area contributed by atoms with Gasteiger partial charge in [-0.25, -0.2) is 0 Å². The maximum Gasteiger partial charge on any atom is 0.294 e. The zero-order valence-electron chi connectivity index (χ0n) is 9.78. The SMILES string of the molecule is CCC(C)Oc1nnc(CNC(C)C)s1. The van der Waals surface area contributed by atoms with E-state index in [0.29, 0.717) is 11.2 Å². The van der Waals surface area contributed by atoms with Crippen molar-refractivity contribution in [1.29, 1.82) is 0 Å². The van der Waals surface area contributed by atoms with Crippen LogP contribution in [-0.4, -0.2) is 22.3 Å². The van der Waals surface area contributed by atoms with Crippen molar-refractivity contribution in [2.75, 3.05) is 0 Å². The smallest absolute Gasteiger partial charge is 0.294 e. The van der Waals surface area contributed by atoms with Crippen LogP contribution in [0.5, 0.6) is 5.19 Å². The van der Waals surface area contributed by atoms with Gasteiger partial charge in [-0.15, -0.1) is 5.10 Å². The Labute approximate surface area is 95.1 Å². The first-order chi connectivity index (χ1) is 7.11. The molecule has 0 aromatic carbocycles. The summed E-state index contributed by atoms with van der Waals surface area (Å²) in [4.78, 5) is 0. The summed E-state index contributed by atoms with van der Waals surface area (Å²) < 4.78 is 5.57. The number of hydrogen-bond donors (Lipinski definition) is 1. The van der Waals surface area contributed by atoms with Crippen LogP contribution in [-0.2, 0) is 6.54 Å². The summed E-state index contributed by atoms with van der Waals surface area (Å²) in [5, 5.41) is 13.0. The average Bonchev–Trinajstić information content (AvgIpc) is 2.62. The van der Waals surface area contributed by atoms with E-state index in [1.165, 1.54) is 11.3 Å². The van der Waals surface area contributed by atoms with Gasteiger partial charge in [0.05, 0.1) is 12.6 Å². The van der Waals surface area contributed by atoms with E-state index in [1.54, 1.807) is 0 Å². The number of nitrogens with one attached hydrogen (secondary N) is 1. The van der Waals surface area contributed by atoms with E-state index in [0.717, 1.165) is 18.0 Å². The highest BCUT2D eigenvalue weighted by atomic mass is 32.1. The van der Waals surface area contributed by atoms with Gasteiger partial charge in [0.15, 0.2) is 0 Å². The van der Waals surface area contributed by atoms with Crippen LogP contribution in [0.15, 0.2) is 0 Å². The fraction of sp³-hybridized carbons (Fsp3) is 0.800. The quantitative estimate of drug-likeness (QED) is 0.812. The molecule has 0 spiro atoms. The Kier molecular flexibility index (Phi) is 4.98. The van der Waals surface area contributed by atoms with Crippen molar-refractivity contribution in [3.05, 3.63) is 5.01 Å². The van der Waals surface area contributed by atoms with Gasteiger partial charge in [-0.2, -0.15) is 0 Å². The molecule has 0 aliphatic rings. The van der Waals surface area contributed by atoms with Gasteiger partial charge in [0.1, 0.15) is 5.01 Å². The van der Waals surface area contributed by atoms with E-state index in [9.17, 15) is 0 Å². The molecular weight excluding hydrogens is 210 g/mol. The Morgan fingerprint density at radius 3 is 2.67 bits per heavy atom. The lowest BCUT2D eigenvalue weighted by atomic mass is 10.3. The normalized spacial score (nSPS) is 13.1. The molecule has 0 radical (unpaired) electrons. The largest absolute Gasteiger partial charge is 0.466 e. The van der Waals surface area contributed by atoms with Gasteiger partial charge in [-0.05, 0) is 13.3 Å². The predicted octanol–water partition coefficient (Wildman–Crippen LogP) is 2.21. The first-order valence-corrected chi connectivity index (χ1v) is 6.15. The molecule has 0 saturated carbocycles. The fourth-order valence-corrected chi connectivity index (χ4v) is 1.64. The molecule has 0 amide bonds. The molecule has 1 N–H and O–H groups in total. The minimum absolute atomic E-state index is 0.212. The van der Waals surface area contributed by atoms with Crippen molar-refractivity contribution in [2.45, 2.75) is 52.8 Å². The molecule has 0 saturated heterocycles. The molecule has 0 fully saturated rings.